The summed E-state index contributed by atoms with van der Waals surface area (Å²) in [7, 11) is 0. The molecule has 7 nitrogen and oxygen atoms in total. The normalized spacial score (nSPS) is 11.5. The fraction of sp³-hybridized carbons (Fsp3) is 0.350. The van der Waals surface area contributed by atoms with Gasteiger partial charge in [0.2, 0.25) is 0 Å². The van der Waals surface area contributed by atoms with Gasteiger partial charge in [-0.1, -0.05) is 11.8 Å². The quantitative estimate of drug-likeness (QED) is 0.673. The van der Waals surface area contributed by atoms with Gasteiger partial charge in [0, 0.05) is 24.3 Å². The van der Waals surface area contributed by atoms with E-state index in [4.69, 9.17) is 4.74 Å². The molecule has 27 heavy (non-hydrogen) atoms. The molecule has 3 aromatic rings. The first-order chi connectivity index (χ1) is 12.9. The Hall–Kier alpha value is -3.09. The van der Waals surface area contributed by atoms with Crippen molar-refractivity contribution < 1.29 is 9.53 Å². The van der Waals surface area contributed by atoms with Crippen molar-refractivity contribution in [3.05, 3.63) is 48.9 Å². The van der Waals surface area contributed by atoms with Crippen LogP contribution >= 0.6 is 0 Å². The van der Waals surface area contributed by atoms with Gasteiger partial charge in [-0.2, -0.15) is 0 Å². The number of nitrogens with one attached hydrogen (secondary N) is 1. The van der Waals surface area contributed by atoms with Gasteiger partial charge in [-0.05, 0) is 57.9 Å². The monoisotopic (exact) mass is 367 g/mol. The highest BCUT2D eigenvalue weighted by molar-refractivity contribution is 5.84. The van der Waals surface area contributed by atoms with Crippen molar-refractivity contribution in [1.29, 1.82) is 0 Å². The molecule has 0 saturated carbocycles. The van der Waals surface area contributed by atoms with Crippen LogP contribution in [0.25, 0.3) is 22.8 Å². The summed E-state index contributed by atoms with van der Waals surface area (Å²) in [4.78, 5) is 11.7. The summed E-state index contributed by atoms with van der Waals surface area (Å²) in [5, 5.41) is 12.1. The first kappa shape index (κ1) is 18.7. The van der Waals surface area contributed by atoms with Crippen molar-refractivity contribution in [3.8, 4) is 5.69 Å². The van der Waals surface area contributed by atoms with Crippen LogP contribution in [-0.2, 0) is 11.2 Å². The summed E-state index contributed by atoms with van der Waals surface area (Å²) >= 11 is 0. The summed E-state index contributed by atoms with van der Waals surface area (Å²) in [6.45, 7) is 9.87. The fourth-order valence-electron chi connectivity index (χ4n) is 2.86. The van der Waals surface area contributed by atoms with E-state index in [2.05, 4.69) is 28.3 Å². The zero-order valence-electron chi connectivity index (χ0n) is 16.0. The SMILES string of the molecule is C=Cn1ccc2cc(-n3nncc3CCCNC(=O)OC(C)(C)C)ccc21. The van der Waals surface area contributed by atoms with E-state index in [-0.39, 0.29) is 0 Å². The molecule has 0 atom stereocenters. The van der Waals surface area contributed by atoms with Crippen LogP contribution in [0.4, 0.5) is 4.79 Å². The van der Waals surface area contributed by atoms with E-state index in [0.717, 1.165) is 35.1 Å². The number of amides is 1. The molecule has 0 fully saturated rings. The molecule has 1 aromatic carbocycles. The molecule has 2 aromatic heterocycles. The fourth-order valence-corrected chi connectivity index (χ4v) is 2.86. The molecule has 3 rings (SSSR count). The van der Waals surface area contributed by atoms with Crippen molar-refractivity contribution in [2.75, 3.05) is 6.54 Å². The number of fused-ring (bicyclic) bond motifs is 1. The minimum atomic E-state index is -0.490. The number of carbonyl (C=O) groups is 1. The third kappa shape index (κ3) is 4.55. The Morgan fingerprint density at radius 1 is 1.33 bits per heavy atom. The van der Waals surface area contributed by atoms with Crippen molar-refractivity contribution in [2.45, 2.75) is 39.2 Å². The van der Waals surface area contributed by atoms with Crippen LogP contribution in [0.5, 0.6) is 0 Å². The number of aromatic nitrogens is 4. The van der Waals surface area contributed by atoms with Crippen LogP contribution in [-0.4, -0.2) is 37.8 Å². The highest BCUT2D eigenvalue weighted by atomic mass is 16.6. The Labute approximate surface area is 158 Å². The predicted molar refractivity (Wildman–Crippen MR) is 106 cm³/mol. The number of alkyl carbamates (subject to hydrolysis) is 1. The molecule has 0 aliphatic rings. The second-order valence-electron chi connectivity index (χ2n) is 7.32. The van der Waals surface area contributed by atoms with E-state index in [1.807, 2.05) is 54.4 Å². The molecule has 142 valence electrons. The number of nitrogens with zero attached hydrogens (tertiary/aromatic N) is 4. The Kier molecular flexibility index (Phi) is 5.30. The van der Waals surface area contributed by atoms with E-state index in [9.17, 15) is 4.79 Å². The van der Waals surface area contributed by atoms with Gasteiger partial charge in [-0.15, -0.1) is 5.10 Å². The van der Waals surface area contributed by atoms with Crippen LogP contribution in [0.2, 0.25) is 0 Å². The molecular formula is C20H25N5O2. The lowest BCUT2D eigenvalue weighted by molar-refractivity contribution is 0.0527. The zero-order valence-corrected chi connectivity index (χ0v) is 16.0. The van der Waals surface area contributed by atoms with Crippen LogP contribution in [0, 0.1) is 0 Å². The number of aryl methyl sites for hydroxylation is 1. The van der Waals surface area contributed by atoms with Gasteiger partial charge in [-0.3, -0.25) is 0 Å². The maximum Gasteiger partial charge on any atom is 0.407 e. The minimum absolute atomic E-state index is 0.397. The van der Waals surface area contributed by atoms with Gasteiger partial charge < -0.3 is 14.6 Å². The van der Waals surface area contributed by atoms with Crippen LogP contribution in [0.3, 0.4) is 0 Å². The second-order valence-corrected chi connectivity index (χ2v) is 7.32. The molecule has 1 N–H and O–H groups in total. The highest BCUT2D eigenvalue weighted by Gasteiger charge is 2.15. The lowest BCUT2D eigenvalue weighted by Gasteiger charge is -2.19. The van der Waals surface area contributed by atoms with E-state index in [1.54, 1.807) is 12.4 Å². The van der Waals surface area contributed by atoms with E-state index < -0.39 is 11.7 Å². The first-order valence-corrected chi connectivity index (χ1v) is 8.97. The van der Waals surface area contributed by atoms with Gasteiger partial charge in [0.25, 0.3) is 0 Å². The van der Waals surface area contributed by atoms with Crippen molar-refractivity contribution in [2.24, 2.45) is 0 Å². The lowest BCUT2D eigenvalue weighted by atomic mass is 10.2. The van der Waals surface area contributed by atoms with Crippen LogP contribution in [0.1, 0.15) is 32.9 Å². The number of ether oxygens (including phenoxy) is 1. The Bertz CT molecular complexity index is 949. The van der Waals surface area contributed by atoms with Crippen molar-refractivity contribution in [1.82, 2.24) is 24.9 Å². The molecule has 7 heteroatoms. The number of hydrogen-bond donors (Lipinski definition) is 1. The number of rotatable bonds is 6. The smallest absolute Gasteiger partial charge is 0.407 e. The summed E-state index contributed by atoms with van der Waals surface area (Å²) in [6, 6.07) is 8.18. The Balaban J connectivity index is 1.63. The van der Waals surface area contributed by atoms with E-state index >= 15 is 0 Å². The predicted octanol–water partition coefficient (Wildman–Crippen LogP) is 3.78. The maximum absolute atomic E-state index is 11.7. The lowest BCUT2D eigenvalue weighted by Crippen LogP contribution is -2.33. The van der Waals surface area contributed by atoms with Crippen molar-refractivity contribution >= 4 is 23.2 Å². The van der Waals surface area contributed by atoms with E-state index in [0.29, 0.717) is 6.54 Å². The first-order valence-electron chi connectivity index (χ1n) is 8.97. The molecular weight excluding hydrogens is 342 g/mol. The third-order valence-electron chi connectivity index (χ3n) is 4.04. The molecule has 0 spiro atoms. The molecule has 0 saturated heterocycles. The summed E-state index contributed by atoms with van der Waals surface area (Å²) in [5.74, 6) is 0. The number of hydrogen-bond acceptors (Lipinski definition) is 4. The van der Waals surface area contributed by atoms with Gasteiger partial charge in [0.15, 0.2) is 0 Å². The largest absolute Gasteiger partial charge is 0.444 e. The summed E-state index contributed by atoms with van der Waals surface area (Å²) < 4.78 is 9.04. The topological polar surface area (TPSA) is 74.0 Å². The Morgan fingerprint density at radius 2 is 2.15 bits per heavy atom. The average Bonchev–Trinajstić information content (AvgIpc) is 3.23. The maximum atomic E-state index is 11.7. The number of benzene rings is 1. The van der Waals surface area contributed by atoms with Crippen LogP contribution < -0.4 is 5.32 Å². The molecule has 0 unspecified atom stereocenters. The number of carbonyl (C=O) groups excluding carboxylic acids is 1. The molecule has 0 aliphatic heterocycles. The molecule has 1 amide bonds. The van der Waals surface area contributed by atoms with Gasteiger partial charge in [0.1, 0.15) is 5.60 Å². The minimum Gasteiger partial charge on any atom is -0.444 e. The standard InChI is InChI=1S/C20H25N5O2/c1-5-24-12-10-15-13-16(8-9-18(15)24)25-17(14-22-23-25)7-6-11-21-19(26)27-20(2,3)4/h5,8-10,12-14H,1,6-7,11H2,2-4H3,(H,21,26). The summed E-state index contributed by atoms with van der Waals surface area (Å²) in [5.41, 5.74) is 2.55. The molecule has 0 radical (unpaired) electrons. The Morgan fingerprint density at radius 3 is 2.89 bits per heavy atom. The van der Waals surface area contributed by atoms with Gasteiger partial charge in [0.05, 0.1) is 23.1 Å². The average molecular weight is 367 g/mol. The van der Waals surface area contributed by atoms with E-state index in [1.165, 1.54) is 0 Å². The highest BCUT2D eigenvalue weighted by Crippen LogP contribution is 2.21. The molecule has 0 bridgehead atoms. The zero-order chi connectivity index (χ0) is 19.4. The molecule has 0 aliphatic carbocycles. The second kappa shape index (κ2) is 7.65. The van der Waals surface area contributed by atoms with Crippen LogP contribution in [0.15, 0.2) is 43.2 Å². The van der Waals surface area contributed by atoms with Gasteiger partial charge in [-0.25, -0.2) is 9.48 Å². The summed E-state index contributed by atoms with van der Waals surface area (Å²) in [6.07, 6.45) is 6.63. The van der Waals surface area contributed by atoms with Gasteiger partial charge >= 0.3 is 6.09 Å². The molecule has 2 heterocycles. The third-order valence-corrected chi connectivity index (χ3v) is 4.04. The van der Waals surface area contributed by atoms with Crippen molar-refractivity contribution in [3.63, 3.8) is 0 Å².